The molecular weight excluding hydrogens is 560 g/mol. The fourth-order valence-corrected chi connectivity index (χ4v) is 6.40. The highest BCUT2D eigenvalue weighted by atomic mass is 32.1. The maximum Gasteiger partial charge on any atom is 0.338 e. The van der Waals surface area contributed by atoms with Gasteiger partial charge in [0.05, 0.1) is 28.0 Å². The Balaban J connectivity index is 1.45. The van der Waals surface area contributed by atoms with Crippen molar-refractivity contribution in [3.05, 3.63) is 119 Å². The highest BCUT2D eigenvalue weighted by Gasteiger charge is 2.34. The third-order valence-electron chi connectivity index (χ3n) is 6.49. The van der Waals surface area contributed by atoms with Gasteiger partial charge >= 0.3 is 11.9 Å². The number of carboxylic acids is 1. The van der Waals surface area contributed by atoms with Gasteiger partial charge in [0.2, 0.25) is 0 Å². The van der Waals surface area contributed by atoms with Crippen LogP contribution in [0.1, 0.15) is 59.1 Å². The van der Waals surface area contributed by atoms with Gasteiger partial charge in [0.15, 0.2) is 4.80 Å². The Bertz CT molecular complexity index is 1770. The smallest absolute Gasteiger partial charge is 0.338 e. The van der Waals surface area contributed by atoms with Gasteiger partial charge < -0.3 is 14.6 Å². The maximum absolute atomic E-state index is 13.8. The van der Waals surface area contributed by atoms with Gasteiger partial charge in [0, 0.05) is 4.88 Å². The minimum atomic E-state index is -0.969. The number of benzene rings is 2. The van der Waals surface area contributed by atoms with E-state index in [1.54, 1.807) is 35.8 Å². The standard InChI is InChI=1S/C31H28N2O6S2/c1-3-6-23-26(30(37)38-4-2)27(24-7-5-16-40-24)33-28(34)25(41-31(33)32-23)17-19-10-14-22(15-11-19)39-18-20-8-12-21(13-9-20)29(35)36/h5,7-17,27H,3-4,6,18H2,1-2H3,(H,35,36)/b25-17+/t27-/m1/s1. The molecule has 2 aromatic carbocycles. The summed E-state index contributed by atoms with van der Waals surface area (Å²) in [7, 11) is 0. The summed E-state index contributed by atoms with van der Waals surface area (Å²) in [5.41, 5.74) is 2.77. The van der Waals surface area contributed by atoms with E-state index in [2.05, 4.69) is 0 Å². The van der Waals surface area contributed by atoms with Gasteiger partial charge in [-0.3, -0.25) is 9.36 Å². The fraction of sp³-hybridized carbons (Fsp3) is 0.226. The fourth-order valence-electron chi connectivity index (χ4n) is 4.56. The molecule has 1 aliphatic heterocycles. The van der Waals surface area contributed by atoms with Crippen molar-refractivity contribution in [1.82, 2.24) is 4.57 Å². The zero-order valence-electron chi connectivity index (χ0n) is 22.5. The quantitative estimate of drug-likeness (QED) is 0.264. The van der Waals surface area contributed by atoms with E-state index >= 15 is 0 Å². The van der Waals surface area contributed by atoms with Crippen LogP contribution in [-0.4, -0.2) is 28.2 Å². The van der Waals surface area contributed by atoms with Crippen molar-refractivity contribution in [2.24, 2.45) is 4.99 Å². The SMILES string of the molecule is CCCC1=C(C(=O)OCC)[C@@H](c2cccs2)n2c(s/c(=C/c3ccc(OCc4ccc(C(=O)O)cc4)cc3)c2=O)=N1. The van der Waals surface area contributed by atoms with Crippen molar-refractivity contribution in [1.29, 1.82) is 0 Å². The summed E-state index contributed by atoms with van der Waals surface area (Å²) in [4.78, 5) is 44.1. The van der Waals surface area contributed by atoms with Crippen molar-refractivity contribution >= 4 is 40.7 Å². The monoisotopic (exact) mass is 588 g/mol. The lowest BCUT2D eigenvalue weighted by Crippen LogP contribution is -2.39. The molecule has 1 aliphatic rings. The largest absolute Gasteiger partial charge is 0.489 e. The molecular formula is C31H28N2O6S2. The predicted octanol–water partition coefficient (Wildman–Crippen LogP) is 4.92. The normalized spacial score (nSPS) is 14.9. The van der Waals surface area contributed by atoms with Gasteiger partial charge in [0.25, 0.3) is 5.56 Å². The average Bonchev–Trinajstić information content (AvgIpc) is 3.61. The lowest BCUT2D eigenvalue weighted by Gasteiger charge is -2.24. The molecule has 0 unspecified atom stereocenters. The number of rotatable bonds is 10. The number of allylic oxidation sites excluding steroid dienone is 1. The molecule has 2 aromatic heterocycles. The van der Waals surface area contributed by atoms with Crippen LogP contribution in [0.15, 0.2) is 87.1 Å². The summed E-state index contributed by atoms with van der Waals surface area (Å²) in [6.07, 6.45) is 3.22. The summed E-state index contributed by atoms with van der Waals surface area (Å²) >= 11 is 2.79. The Morgan fingerprint density at radius 2 is 1.83 bits per heavy atom. The molecule has 4 aromatic rings. The van der Waals surface area contributed by atoms with E-state index in [1.807, 2.05) is 54.8 Å². The van der Waals surface area contributed by atoms with Crippen LogP contribution in [0.2, 0.25) is 0 Å². The summed E-state index contributed by atoms with van der Waals surface area (Å²) < 4.78 is 13.4. The Morgan fingerprint density at radius 3 is 2.46 bits per heavy atom. The van der Waals surface area contributed by atoms with Crippen molar-refractivity contribution in [2.45, 2.75) is 39.3 Å². The molecule has 0 spiro atoms. The average molecular weight is 589 g/mol. The van der Waals surface area contributed by atoms with Crippen LogP contribution in [-0.2, 0) is 16.1 Å². The maximum atomic E-state index is 13.8. The molecule has 41 heavy (non-hydrogen) atoms. The molecule has 0 fully saturated rings. The first-order chi connectivity index (χ1) is 19.9. The molecule has 0 aliphatic carbocycles. The summed E-state index contributed by atoms with van der Waals surface area (Å²) in [5, 5.41) is 11.0. The Labute approximate surface area is 244 Å². The number of esters is 1. The molecule has 1 N–H and O–H groups in total. The summed E-state index contributed by atoms with van der Waals surface area (Å²) in [5.74, 6) is -0.768. The third-order valence-corrected chi connectivity index (χ3v) is 8.40. The van der Waals surface area contributed by atoms with Gasteiger partial charge in [0.1, 0.15) is 18.4 Å². The molecule has 0 saturated carbocycles. The number of hydrogen-bond donors (Lipinski definition) is 1. The number of carbonyl (C=O) groups excluding carboxylic acids is 1. The van der Waals surface area contributed by atoms with Gasteiger partial charge in [-0.25, -0.2) is 14.6 Å². The molecule has 10 heteroatoms. The van der Waals surface area contributed by atoms with Crippen molar-refractivity contribution in [2.75, 3.05) is 6.61 Å². The molecule has 5 rings (SSSR count). The lowest BCUT2D eigenvalue weighted by atomic mass is 9.99. The first-order valence-corrected chi connectivity index (χ1v) is 14.9. The zero-order valence-corrected chi connectivity index (χ0v) is 24.2. The van der Waals surface area contributed by atoms with Crippen LogP contribution >= 0.6 is 22.7 Å². The molecule has 0 radical (unpaired) electrons. The number of nitrogens with zero attached hydrogens (tertiary/aromatic N) is 2. The zero-order chi connectivity index (χ0) is 28.9. The van der Waals surface area contributed by atoms with Crippen molar-refractivity contribution in [3.63, 3.8) is 0 Å². The molecule has 3 heterocycles. The first-order valence-electron chi connectivity index (χ1n) is 13.2. The van der Waals surface area contributed by atoms with E-state index < -0.39 is 18.0 Å². The highest BCUT2D eigenvalue weighted by Crippen LogP contribution is 2.34. The molecule has 0 bridgehead atoms. The first kappa shape index (κ1) is 28.3. The number of fused-ring (bicyclic) bond motifs is 1. The molecule has 1 atom stereocenters. The molecule has 210 valence electrons. The van der Waals surface area contributed by atoms with E-state index in [4.69, 9.17) is 19.6 Å². The number of thiophene rings is 1. The van der Waals surface area contributed by atoms with Crippen molar-refractivity contribution < 1.29 is 24.2 Å². The van der Waals surface area contributed by atoms with Crippen LogP contribution in [0.3, 0.4) is 0 Å². The van der Waals surface area contributed by atoms with Crippen LogP contribution < -0.4 is 19.6 Å². The van der Waals surface area contributed by atoms with E-state index in [0.29, 0.717) is 39.4 Å². The number of aromatic carboxylic acids is 1. The molecule has 8 nitrogen and oxygen atoms in total. The Hall–Kier alpha value is -4.28. The number of aromatic nitrogens is 1. The number of carboxylic acid groups (broad SMARTS) is 1. The number of hydrogen-bond acceptors (Lipinski definition) is 8. The second-order valence-electron chi connectivity index (χ2n) is 9.29. The lowest BCUT2D eigenvalue weighted by molar-refractivity contribution is -0.139. The van der Waals surface area contributed by atoms with E-state index in [1.165, 1.54) is 22.7 Å². The summed E-state index contributed by atoms with van der Waals surface area (Å²) in [6.45, 7) is 4.33. The number of ether oxygens (including phenoxy) is 2. The van der Waals surface area contributed by atoms with Gasteiger partial charge in [-0.05, 0) is 66.3 Å². The highest BCUT2D eigenvalue weighted by molar-refractivity contribution is 7.10. The molecule has 0 saturated heterocycles. The number of thiazole rings is 1. The van der Waals surface area contributed by atoms with Gasteiger partial charge in [-0.2, -0.15) is 0 Å². The van der Waals surface area contributed by atoms with E-state index in [-0.39, 0.29) is 17.7 Å². The summed E-state index contributed by atoms with van der Waals surface area (Å²) in [6, 6.07) is 17.2. The predicted molar refractivity (Wildman–Crippen MR) is 158 cm³/mol. The minimum absolute atomic E-state index is 0.213. The topological polar surface area (TPSA) is 107 Å². The van der Waals surface area contributed by atoms with Gasteiger partial charge in [-0.15, -0.1) is 11.3 Å². The Morgan fingerprint density at radius 1 is 1.07 bits per heavy atom. The Kier molecular flexibility index (Phi) is 8.61. The van der Waals surface area contributed by atoms with E-state index in [9.17, 15) is 14.4 Å². The van der Waals surface area contributed by atoms with Crippen LogP contribution in [0, 0.1) is 0 Å². The van der Waals surface area contributed by atoms with E-state index in [0.717, 1.165) is 22.4 Å². The van der Waals surface area contributed by atoms with Crippen LogP contribution in [0.25, 0.3) is 6.08 Å². The molecule has 0 amide bonds. The van der Waals surface area contributed by atoms with Gasteiger partial charge in [-0.1, -0.05) is 55.0 Å². The minimum Gasteiger partial charge on any atom is -0.489 e. The third kappa shape index (κ3) is 6.08. The second-order valence-corrected chi connectivity index (χ2v) is 11.3. The van der Waals surface area contributed by atoms with Crippen LogP contribution in [0.5, 0.6) is 5.75 Å². The van der Waals surface area contributed by atoms with Crippen LogP contribution in [0.4, 0.5) is 0 Å². The van der Waals surface area contributed by atoms with Crippen molar-refractivity contribution in [3.8, 4) is 5.75 Å². The number of carbonyl (C=O) groups is 2. The second kappa shape index (κ2) is 12.5.